The lowest BCUT2D eigenvalue weighted by atomic mass is 10.1. The Balaban J connectivity index is 2.18. The lowest BCUT2D eigenvalue weighted by molar-refractivity contribution is -0.145. The molecule has 0 saturated heterocycles. The van der Waals surface area contributed by atoms with Gasteiger partial charge in [0, 0.05) is 11.8 Å². The highest BCUT2D eigenvalue weighted by Gasteiger charge is 2.19. The number of nitrogens with one attached hydrogen (secondary N) is 1. The Morgan fingerprint density at radius 2 is 2.00 bits per heavy atom. The van der Waals surface area contributed by atoms with E-state index in [2.05, 4.69) is 10.2 Å². The molecule has 0 radical (unpaired) electrons. The summed E-state index contributed by atoms with van der Waals surface area (Å²) in [5, 5.41) is 6.36. The number of rotatable bonds is 6. The number of aromatic amines is 1. The number of ketones is 1. The number of aromatic nitrogens is 2. The monoisotopic (exact) mass is 342 g/mol. The maximum atomic E-state index is 12.2. The molecule has 2 rings (SSSR count). The van der Waals surface area contributed by atoms with Gasteiger partial charge >= 0.3 is 5.97 Å². The first kappa shape index (κ1) is 16.3. The standard InChI is InChI=1S/C14H12Cl2N2O4/c1-2-21-11(19)7-22-10-4-3-8(12(15)13(10)16)14(20)9-5-6-17-18-9/h3-6H,2,7H2,1H3,(H,17,18). The molecule has 0 spiro atoms. The minimum absolute atomic E-state index is 0.0441. The van der Waals surface area contributed by atoms with Gasteiger partial charge < -0.3 is 9.47 Å². The third-order valence-electron chi connectivity index (χ3n) is 2.69. The highest BCUT2D eigenvalue weighted by atomic mass is 35.5. The molecule has 0 aliphatic carbocycles. The van der Waals surface area contributed by atoms with E-state index < -0.39 is 5.97 Å². The number of ether oxygens (including phenoxy) is 2. The van der Waals surface area contributed by atoms with Crippen molar-refractivity contribution in [3.05, 3.63) is 45.7 Å². The summed E-state index contributed by atoms with van der Waals surface area (Å²) in [7, 11) is 0. The molecule has 1 heterocycles. The molecule has 1 aromatic carbocycles. The van der Waals surface area contributed by atoms with Gasteiger partial charge in [0.2, 0.25) is 5.78 Å². The minimum atomic E-state index is -0.521. The number of carbonyl (C=O) groups is 2. The fourth-order valence-electron chi connectivity index (χ4n) is 1.69. The number of hydrogen-bond donors (Lipinski definition) is 1. The van der Waals surface area contributed by atoms with E-state index in [4.69, 9.17) is 32.7 Å². The van der Waals surface area contributed by atoms with Gasteiger partial charge in [-0.1, -0.05) is 23.2 Å². The van der Waals surface area contributed by atoms with Crippen molar-refractivity contribution < 1.29 is 19.1 Å². The van der Waals surface area contributed by atoms with E-state index in [1.807, 2.05) is 0 Å². The normalized spacial score (nSPS) is 10.3. The zero-order valence-corrected chi connectivity index (χ0v) is 13.1. The highest BCUT2D eigenvalue weighted by Crippen LogP contribution is 2.35. The van der Waals surface area contributed by atoms with E-state index in [1.54, 1.807) is 6.92 Å². The van der Waals surface area contributed by atoms with Crippen molar-refractivity contribution in [1.29, 1.82) is 0 Å². The molecule has 2 aromatic rings. The van der Waals surface area contributed by atoms with Gasteiger partial charge in [-0.3, -0.25) is 9.89 Å². The fraction of sp³-hybridized carbons (Fsp3) is 0.214. The van der Waals surface area contributed by atoms with E-state index in [9.17, 15) is 9.59 Å². The van der Waals surface area contributed by atoms with Crippen LogP contribution in [0.4, 0.5) is 0 Å². The molecule has 0 bridgehead atoms. The molecule has 0 aliphatic rings. The molecule has 8 heteroatoms. The predicted octanol–water partition coefficient (Wildman–Crippen LogP) is 2.89. The molecule has 0 atom stereocenters. The second kappa shape index (κ2) is 7.29. The number of carbonyl (C=O) groups excluding carboxylic acids is 2. The summed E-state index contributed by atoms with van der Waals surface area (Å²) in [6, 6.07) is 4.46. The largest absolute Gasteiger partial charge is 0.480 e. The summed E-state index contributed by atoms with van der Waals surface area (Å²) in [5.74, 6) is -0.672. The third kappa shape index (κ3) is 3.58. The van der Waals surface area contributed by atoms with E-state index in [0.29, 0.717) is 0 Å². The first-order valence-corrected chi connectivity index (χ1v) is 7.10. The second-order valence-electron chi connectivity index (χ2n) is 4.13. The number of hydrogen-bond acceptors (Lipinski definition) is 5. The molecule has 1 aromatic heterocycles. The second-order valence-corrected chi connectivity index (χ2v) is 4.89. The zero-order valence-electron chi connectivity index (χ0n) is 11.6. The number of esters is 1. The molecule has 0 fully saturated rings. The van der Waals surface area contributed by atoms with Gasteiger partial charge in [0.25, 0.3) is 0 Å². The van der Waals surface area contributed by atoms with Crippen molar-refractivity contribution in [2.75, 3.05) is 13.2 Å². The fourth-order valence-corrected chi connectivity index (χ4v) is 2.15. The first-order chi connectivity index (χ1) is 10.5. The molecule has 0 unspecified atom stereocenters. The number of H-pyrrole nitrogens is 1. The summed E-state index contributed by atoms with van der Waals surface area (Å²) in [5.41, 5.74) is 0.498. The van der Waals surface area contributed by atoms with Gasteiger partial charge in [-0.2, -0.15) is 5.10 Å². The zero-order chi connectivity index (χ0) is 16.1. The Bertz CT molecular complexity index is 686. The number of nitrogens with zero attached hydrogens (tertiary/aromatic N) is 1. The Labute approximate surface area is 136 Å². The topological polar surface area (TPSA) is 81.3 Å². The van der Waals surface area contributed by atoms with Crippen LogP contribution in [0.3, 0.4) is 0 Å². The van der Waals surface area contributed by atoms with Gasteiger partial charge in [0.1, 0.15) is 16.5 Å². The summed E-state index contributed by atoms with van der Waals surface area (Å²) >= 11 is 12.2. The van der Waals surface area contributed by atoms with Crippen molar-refractivity contribution >= 4 is 35.0 Å². The number of halogens is 2. The molecular weight excluding hydrogens is 331 g/mol. The van der Waals surface area contributed by atoms with Crippen molar-refractivity contribution in [3.63, 3.8) is 0 Å². The van der Waals surface area contributed by atoms with Crippen LogP contribution in [0, 0.1) is 0 Å². The smallest absolute Gasteiger partial charge is 0.344 e. The molecule has 6 nitrogen and oxygen atoms in total. The lowest BCUT2D eigenvalue weighted by Gasteiger charge is -2.10. The molecule has 0 aliphatic heterocycles. The molecule has 1 N–H and O–H groups in total. The minimum Gasteiger partial charge on any atom is -0.480 e. The first-order valence-electron chi connectivity index (χ1n) is 6.35. The quantitative estimate of drug-likeness (QED) is 0.644. The average molecular weight is 343 g/mol. The van der Waals surface area contributed by atoms with E-state index in [-0.39, 0.29) is 46.0 Å². The summed E-state index contributed by atoms with van der Waals surface area (Å²) in [6.45, 7) is 1.66. The van der Waals surface area contributed by atoms with Crippen LogP contribution >= 0.6 is 23.2 Å². The SMILES string of the molecule is CCOC(=O)COc1ccc(C(=O)c2ccn[nH]2)c(Cl)c1Cl. The van der Waals surface area contributed by atoms with Crippen LogP contribution in [0.15, 0.2) is 24.4 Å². The Morgan fingerprint density at radius 3 is 2.64 bits per heavy atom. The van der Waals surface area contributed by atoms with Gasteiger partial charge in [-0.25, -0.2) is 4.79 Å². The van der Waals surface area contributed by atoms with E-state index in [0.717, 1.165) is 0 Å². The van der Waals surface area contributed by atoms with Gasteiger partial charge in [-0.05, 0) is 25.1 Å². The molecular formula is C14H12Cl2N2O4. The van der Waals surface area contributed by atoms with Gasteiger partial charge in [-0.15, -0.1) is 0 Å². The summed E-state index contributed by atoms with van der Waals surface area (Å²) < 4.78 is 9.97. The van der Waals surface area contributed by atoms with E-state index >= 15 is 0 Å². The Hall–Kier alpha value is -2.05. The average Bonchev–Trinajstić information content (AvgIpc) is 3.03. The maximum absolute atomic E-state index is 12.2. The molecule has 0 amide bonds. The van der Waals surface area contributed by atoms with Crippen molar-refractivity contribution in [2.24, 2.45) is 0 Å². The molecule has 22 heavy (non-hydrogen) atoms. The molecule has 116 valence electrons. The maximum Gasteiger partial charge on any atom is 0.344 e. The summed E-state index contributed by atoms with van der Waals surface area (Å²) in [6.07, 6.45) is 1.46. The van der Waals surface area contributed by atoms with Crippen LogP contribution in [0.1, 0.15) is 23.0 Å². The highest BCUT2D eigenvalue weighted by molar-refractivity contribution is 6.45. The van der Waals surface area contributed by atoms with Crippen molar-refractivity contribution in [3.8, 4) is 5.75 Å². The summed E-state index contributed by atoms with van der Waals surface area (Å²) in [4.78, 5) is 23.5. The van der Waals surface area contributed by atoms with Crippen LogP contribution in [0.2, 0.25) is 10.0 Å². The Kier molecular flexibility index (Phi) is 5.41. The Morgan fingerprint density at radius 1 is 1.23 bits per heavy atom. The lowest BCUT2D eigenvalue weighted by Crippen LogP contribution is -2.15. The van der Waals surface area contributed by atoms with Crippen LogP contribution in [-0.2, 0) is 9.53 Å². The number of benzene rings is 1. The van der Waals surface area contributed by atoms with E-state index in [1.165, 1.54) is 24.4 Å². The van der Waals surface area contributed by atoms with Gasteiger partial charge in [0.05, 0.1) is 11.6 Å². The van der Waals surface area contributed by atoms with Crippen LogP contribution in [-0.4, -0.2) is 35.2 Å². The van der Waals surface area contributed by atoms with Crippen molar-refractivity contribution in [2.45, 2.75) is 6.92 Å². The third-order valence-corrected chi connectivity index (χ3v) is 3.55. The van der Waals surface area contributed by atoms with Crippen molar-refractivity contribution in [1.82, 2.24) is 10.2 Å². The van der Waals surface area contributed by atoms with Crippen LogP contribution in [0.5, 0.6) is 5.75 Å². The van der Waals surface area contributed by atoms with Crippen LogP contribution in [0.25, 0.3) is 0 Å². The van der Waals surface area contributed by atoms with Crippen LogP contribution < -0.4 is 4.74 Å². The van der Waals surface area contributed by atoms with Gasteiger partial charge in [0.15, 0.2) is 6.61 Å². The predicted molar refractivity (Wildman–Crippen MR) is 80.6 cm³/mol. The molecule has 0 saturated carbocycles.